The standard InChI is InChI=1S/C21H25BrN2O2S2/c1-14-20(25)24(21(27-14)18-9-10-19(22)28-18)13-17(23-11-3-4-12-23)15-5-7-16(26-2)8-6-15/h5-10,14,17,21H,3-4,11-13H2,1-2H3/t14-,17+,21-/m1/s1. The molecule has 0 aliphatic carbocycles. The van der Waals surface area contributed by atoms with E-state index in [9.17, 15) is 4.79 Å². The Kier molecular flexibility index (Phi) is 6.35. The molecular formula is C21H25BrN2O2S2. The molecule has 0 spiro atoms. The topological polar surface area (TPSA) is 32.8 Å². The molecule has 4 rings (SSSR count). The zero-order valence-corrected chi connectivity index (χ0v) is 19.4. The molecular weight excluding hydrogens is 456 g/mol. The molecule has 2 saturated heterocycles. The Labute approximate surface area is 183 Å². The number of likely N-dealkylation sites (tertiary alicyclic amines) is 1. The molecule has 7 heteroatoms. The number of carbonyl (C=O) groups excluding carboxylic acids is 1. The van der Waals surface area contributed by atoms with Crippen molar-refractivity contribution in [1.29, 1.82) is 0 Å². The Bertz CT molecular complexity index is 820. The summed E-state index contributed by atoms with van der Waals surface area (Å²) in [4.78, 5) is 18.9. The molecule has 3 atom stereocenters. The van der Waals surface area contributed by atoms with Crippen LogP contribution in [0, 0.1) is 0 Å². The Morgan fingerprint density at radius 1 is 1.18 bits per heavy atom. The van der Waals surface area contributed by atoms with Crippen molar-refractivity contribution in [2.24, 2.45) is 0 Å². The molecule has 1 aromatic carbocycles. The average molecular weight is 481 g/mol. The van der Waals surface area contributed by atoms with Crippen molar-refractivity contribution in [2.45, 2.75) is 36.4 Å². The number of hydrogen-bond acceptors (Lipinski definition) is 5. The Morgan fingerprint density at radius 2 is 1.89 bits per heavy atom. The summed E-state index contributed by atoms with van der Waals surface area (Å²) < 4.78 is 6.44. The van der Waals surface area contributed by atoms with Crippen molar-refractivity contribution >= 4 is 44.9 Å². The first-order chi connectivity index (χ1) is 13.6. The fourth-order valence-electron chi connectivity index (χ4n) is 4.04. The lowest BCUT2D eigenvalue weighted by molar-refractivity contribution is -0.130. The second-order valence-corrected chi connectivity index (χ2v) is 11.2. The van der Waals surface area contributed by atoms with E-state index in [1.54, 1.807) is 30.2 Å². The van der Waals surface area contributed by atoms with Gasteiger partial charge in [-0.1, -0.05) is 12.1 Å². The molecule has 1 amide bonds. The summed E-state index contributed by atoms with van der Waals surface area (Å²) in [6.07, 6.45) is 2.46. The summed E-state index contributed by atoms with van der Waals surface area (Å²) in [5, 5.41) is 0.100. The van der Waals surface area contributed by atoms with Gasteiger partial charge in [-0.25, -0.2) is 0 Å². The van der Waals surface area contributed by atoms with Gasteiger partial charge in [0.05, 0.1) is 22.2 Å². The molecule has 150 valence electrons. The molecule has 2 aromatic rings. The van der Waals surface area contributed by atoms with Crippen molar-refractivity contribution in [3.63, 3.8) is 0 Å². The highest BCUT2D eigenvalue weighted by molar-refractivity contribution is 9.11. The van der Waals surface area contributed by atoms with E-state index in [1.165, 1.54) is 23.3 Å². The minimum absolute atomic E-state index is 0.000899. The third-order valence-corrected chi connectivity index (χ3v) is 8.74. The molecule has 2 aliphatic rings. The second-order valence-electron chi connectivity index (χ2n) is 7.30. The van der Waals surface area contributed by atoms with Crippen LogP contribution in [0.25, 0.3) is 0 Å². The lowest BCUT2D eigenvalue weighted by Gasteiger charge is -2.34. The maximum Gasteiger partial charge on any atom is 0.236 e. The molecule has 1 aromatic heterocycles. The summed E-state index contributed by atoms with van der Waals surface area (Å²) in [5.41, 5.74) is 1.26. The zero-order valence-electron chi connectivity index (χ0n) is 16.1. The predicted molar refractivity (Wildman–Crippen MR) is 120 cm³/mol. The zero-order chi connectivity index (χ0) is 19.7. The van der Waals surface area contributed by atoms with Gasteiger partial charge in [0.1, 0.15) is 11.1 Å². The number of methoxy groups -OCH3 is 1. The van der Waals surface area contributed by atoms with E-state index in [-0.39, 0.29) is 22.6 Å². The van der Waals surface area contributed by atoms with Crippen LogP contribution in [0.3, 0.4) is 0 Å². The van der Waals surface area contributed by atoms with Crippen molar-refractivity contribution in [1.82, 2.24) is 9.80 Å². The highest BCUT2D eigenvalue weighted by atomic mass is 79.9. The Balaban J connectivity index is 1.62. The maximum absolute atomic E-state index is 13.0. The number of ether oxygens (including phenoxy) is 1. The van der Waals surface area contributed by atoms with Crippen molar-refractivity contribution < 1.29 is 9.53 Å². The minimum Gasteiger partial charge on any atom is -0.497 e. The molecule has 4 nitrogen and oxygen atoms in total. The van der Waals surface area contributed by atoms with Crippen LogP contribution in [0.5, 0.6) is 5.75 Å². The first kappa shape index (κ1) is 20.3. The number of rotatable bonds is 6. The Hall–Kier alpha value is -1.02. The molecule has 0 saturated carbocycles. The van der Waals surface area contributed by atoms with Gasteiger partial charge in [-0.2, -0.15) is 0 Å². The summed E-state index contributed by atoms with van der Waals surface area (Å²) >= 11 is 7.06. The van der Waals surface area contributed by atoms with Crippen LogP contribution in [0.4, 0.5) is 0 Å². The number of hydrogen-bond donors (Lipinski definition) is 0. The number of amides is 1. The molecule has 0 bridgehead atoms. The first-order valence-corrected chi connectivity index (χ1v) is 12.2. The van der Waals surface area contributed by atoms with Gasteiger partial charge in [-0.05, 0) is 78.6 Å². The number of nitrogens with zero attached hydrogens (tertiary/aromatic N) is 2. The predicted octanol–water partition coefficient (Wildman–Crippen LogP) is 5.32. The number of halogens is 1. The lowest BCUT2D eigenvalue weighted by Crippen LogP contribution is -2.39. The molecule has 3 heterocycles. The quantitative estimate of drug-likeness (QED) is 0.559. The van der Waals surface area contributed by atoms with Gasteiger partial charge in [0.15, 0.2) is 0 Å². The van der Waals surface area contributed by atoms with Crippen LogP contribution < -0.4 is 4.74 Å². The average Bonchev–Trinajstić information content (AvgIpc) is 3.43. The third kappa shape index (κ3) is 4.13. The van der Waals surface area contributed by atoms with Crippen LogP contribution in [0.2, 0.25) is 0 Å². The second kappa shape index (κ2) is 8.78. The summed E-state index contributed by atoms with van der Waals surface area (Å²) in [6.45, 7) is 4.94. The number of carbonyl (C=O) groups is 1. The van der Waals surface area contributed by atoms with Gasteiger partial charge < -0.3 is 9.64 Å². The van der Waals surface area contributed by atoms with Crippen molar-refractivity contribution in [3.05, 3.63) is 50.6 Å². The van der Waals surface area contributed by atoms with E-state index in [0.29, 0.717) is 0 Å². The van der Waals surface area contributed by atoms with Crippen molar-refractivity contribution in [2.75, 3.05) is 26.7 Å². The first-order valence-electron chi connectivity index (χ1n) is 9.66. The van der Waals surface area contributed by atoms with Crippen LogP contribution in [0.1, 0.15) is 41.6 Å². The van der Waals surface area contributed by atoms with E-state index in [2.05, 4.69) is 50.0 Å². The largest absolute Gasteiger partial charge is 0.497 e. The molecule has 2 fully saturated rings. The van der Waals surface area contributed by atoms with E-state index in [1.807, 2.05) is 19.1 Å². The summed E-state index contributed by atoms with van der Waals surface area (Å²) in [5.74, 6) is 1.11. The fraction of sp³-hybridized carbons (Fsp3) is 0.476. The Morgan fingerprint density at radius 3 is 2.50 bits per heavy atom. The third-order valence-electron chi connectivity index (χ3n) is 5.54. The van der Waals surface area contributed by atoms with Crippen LogP contribution in [-0.2, 0) is 4.79 Å². The SMILES string of the molecule is COc1ccc([C@H](CN2C(=O)[C@@H](C)S[C@@H]2c2ccc(Br)s2)N2CCCC2)cc1. The molecule has 0 radical (unpaired) electrons. The monoisotopic (exact) mass is 480 g/mol. The van der Waals surface area contributed by atoms with E-state index < -0.39 is 0 Å². The van der Waals surface area contributed by atoms with Gasteiger partial charge in [0.25, 0.3) is 0 Å². The van der Waals surface area contributed by atoms with Gasteiger partial charge in [-0.3, -0.25) is 9.69 Å². The highest BCUT2D eigenvalue weighted by Gasteiger charge is 2.41. The van der Waals surface area contributed by atoms with E-state index in [0.717, 1.165) is 29.2 Å². The van der Waals surface area contributed by atoms with E-state index in [4.69, 9.17) is 4.74 Å². The molecule has 0 unspecified atom stereocenters. The number of thioether (sulfide) groups is 1. The highest BCUT2D eigenvalue weighted by Crippen LogP contribution is 2.47. The maximum atomic E-state index is 13.0. The van der Waals surface area contributed by atoms with Crippen LogP contribution in [-0.4, -0.2) is 47.7 Å². The number of benzene rings is 1. The van der Waals surface area contributed by atoms with Gasteiger partial charge >= 0.3 is 0 Å². The van der Waals surface area contributed by atoms with Crippen LogP contribution in [0.15, 0.2) is 40.2 Å². The summed E-state index contributed by atoms with van der Waals surface area (Å²) in [7, 11) is 1.69. The van der Waals surface area contributed by atoms with E-state index >= 15 is 0 Å². The molecule has 2 aliphatic heterocycles. The minimum atomic E-state index is 0.000899. The van der Waals surface area contributed by atoms with Gasteiger partial charge in [0.2, 0.25) is 5.91 Å². The molecule has 0 N–H and O–H groups in total. The fourth-order valence-corrected chi connectivity index (χ4v) is 6.96. The van der Waals surface area contributed by atoms with Gasteiger partial charge in [0, 0.05) is 11.4 Å². The van der Waals surface area contributed by atoms with Gasteiger partial charge in [-0.15, -0.1) is 23.1 Å². The van der Waals surface area contributed by atoms with Crippen molar-refractivity contribution in [3.8, 4) is 5.75 Å². The van der Waals surface area contributed by atoms with Crippen LogP contribution >= 0.6 is 39.0 Å². The normalized spacial score (nSPS) is 24.1. The lowest BCUT2D eigenvalue weighted by atomic mass is 10.0. The smallest absolute Gasteiger partial charge is 0.236 e. The number of thiophene rings is 1. The summed E-state index contributed by atoms with van der Waals surface area (Å²) in [6, 6.07) is 12.8. The molecule has 28 heavy (non-hydrogen) atoms.